The van der Waals surface area contributed by atoms with Gasteiger partial charge in [-0.25, -0.2) is 9.97 Å². The molecule has 3 rings (SSSR count). The lowest BCUT2D eigenvalue weighted by Gasteiger charge is -2.20. The highest BCUT2D eigenvalue weighted by atomic mass is 14.9. The quantitative estimate of drug-likeness (QED) is 0.932. The Morgan fingerprint density at radius 1 is 1.14 bits per heavy atom. The molecule has 110 valence electrons. The van der Waals surface area contributed by atoms with Crippen LogP contribution >= 0.6 is 0 Å². The zero-order chi connectivity index (χ0) is 14.7. The van der Waals surface area contributed by atoms with Crippen LogP contribution in [-0.2, 0) is 19.4 Å². The second kappa shape index (κ2) is 6.35. The van der Waals surface area contributed by atoms with Crippen LogP contribution in [0.1, 0.15) is 54.0 Å². The Kier molecular flexibility index (Phi) is 4.30. The molecule has 1 atom stereocenters. The SMILES string of the molecule is Cc1nccc(CNC(C)c2ccc3c(c2)CCCC3)n1. The van der Waals surface area contributed by atoms with Crippen molar-refractivity contribution in [2.75, 3.05) is 0 Å². The van der Waals surface area contributed by atoms with Crippen LogP contribution < -0.4 is 5.32 Å². The number of fused-ring (bicyclic) bond motifs is 1. The van der Waals surface area contributed by atoms with Gasteiger partial charge in [0.15, 0.2) is 0 Å². The lowest BCUT2D eigenvalue weighted by molar-refractivity contribution is 0.564. The zero-order valence-electron chi connectivity index (χ0n) is 12.9. The van der Waals surface area contributed by atoms with E-state index in [1.165, 1.54) is 31.2 Å². The minimum Gasteiger partial charge on any atom is -0.305 e. The summed E-state index contributed by atoms with van der Waals surface area (Å²) in [5.41, 5.74) is 5.52. The third kappa shape index (κ3) is 3.48. The van der Waals surface area contributed by atoms with Crippen molar-refractivity contribution < 1.29 is 0 Å². The minimum absolute atomic E-state index is 0.340. The van der Waals surface area contributed by atoms with Gasteiger partial charge in [-0.3, -0.25) is 0 Å². The summed E-state index contributed by atoms with van der Waals surface area (Å²) in [7, 11) is 0. The van der Waals surface area contributed by atoms with Crippen LogP contribution in [0.15, 0.2) is 30.5 Å². The van der Waals surface area contributed by atoms with Crippen molar-refractivity contribution in [3.8, 4) is 0 Å². The topological polar surface area (TPSA) is 37.8 Å². The van der Waals surface area contributed by atoms with Gasteiger partial charge in [-0.2, -0.15) is 0 Å². The maximum Gasteiger partial charge on any atom is 0.125 e. The first-order valence-corrected chi connectivity index (χ1v) is 7.86. The molecule has 0 radical (unpaired) electrons. The van der Waals surface area contributed by atoms with Gasteiger partial charge in [0, 0.05) is 18.8 Å². The van der Waals surface area contributed by atoms with Gasteiger partial charge in [-0.1, -0.05) is 18.2 Å². The van der Waals surface area contributed by atoms with Crippen molar-refractivity contribution in [3.05, 3.63) is 58.7 Å². The predicted octanol–water partition coefficient (Wildman–Crippen LogP) is 3.51. The van der Waals surface area contributed by atoms with Gasteiger partial charge in [0.05, 0.1) is 5.69 Å². The molecule has 0 amide bonds. The van der Waals surface area contributed by atoms with Gasteiger partial charge < -0.3 is 5.32 Å². The number of hydrogen-bond acceptors (Lipinski definition) is 3. The first-order chi connectivity index (χ1) is 10.2. The average molecular weight is 281 g/mol. The van der Waals surface area contributed by atoms with Crippen LogP contribution in [0, 0.1) is 6.92 Å². The fourth-order valence-electron chi connectivity index (χ4n) is 3.00. The van der Waals surface area contributed by atoms with E-state index in [0.29, 0.717) is 6.04 Å². The van der Waals surface area contributed by atoms with Crippen molar-refractivity contribution in [2.24, 2.45) is 0 Å². The van der Waals surface area contributed by atoms with Crippen molar-refractivity contribution >= 4 is 0 Å². The summed E-state index contributed by atoms with van der Waals surface area (Å²) in [6.07, 6.45) is 6.98. The standard InChI is InChI=1S/C18H23N3/c1-13(20-12-18-9-10-19-14(2)21-18)16-8-7-15-5-3-4-6-17(15)11-16/h7-11,13,20H,3-6,12H2,1-2H3. The van der Waals surface area contributed by atoms with E-state index in [-0.39, 0.29) is 0 Å². The summed E-state index contributed by atoms with van der Waals surface area (Å²) in [4.78, 5) is 8.57. The Hall–Kier alpha value is -1.74. The molecule has 3 heteroatoms. The lowest BCUT2D eigenvalue weighted by Crippen LogP contribution is -2.19. The van der Waals surface area contributed by atoms with Gasteiger partial charge in [-0.05, 0) is 62.3 Å². The van der Waals surface area contributed by atoms with Crippen LogP contribution in [0.4, 0.5) is 0 Å². The Bertz CT molecular complexity index is 622. The van der Waals surface area contributed by atoms with E-state index >= 15 is 0 Å². The summed E-state index contributed by atoms with van der Waals surface area (Å²) in [5, 5.41) is 3.56. The van der Waals surface area contributed by atoms with Crippen LogP contribution in [0.5, 0.6) is 0 Å². The molecule has 1 N–H and O–H groups in total. The van der Waals surface area contributed by atoms with E-state index in [9.17, 15) is 0 Å². The maximum absolute atomic E-state index is 4.44. The smallest absolute Gasteiger partial charge is 0.125 e. The number of aryl methyl sites for hydroxylation is 3. The van der Waals surface area contributed by atoms with Crippen molar-refractivity contribution in [3.63, 3.8) is 0 Å². The van der Waals surface area contributed by atoms with E-state index in [2.05, 4.69) is 40.4 Å². The second-order valence-corrected chi connectivity index (χ2v) is 5.93. The van der Waals surface area contributed by atoms with Crippen LogP contribution in [0.25, 0.3) is 0 Å². The molecule has 1 aliphatic rings. The molecule has 0 bridgehead atoms. The third-order valence-electron chi connectivity index (χ3n) is 4.30. The van der Waals surface area contributed by atoms with Crippen LogP contribution in [0.2, 0.25) is 0 Å². The number of benzene rings is 1. The fourth-order valence-corrected chi connectivity index (χ4v) is 3.00. The van der Waals surface area contributed by atoms with E-state index < -0.39 is 0 Å². The van der Waals surface area contributed by atoms with Crippen molar-refractivity contribution in [1.82, 2.24) is 15.3 Å². The number of nitrogens with zero attached hydrogens (tertiary/aromatic N) is 2. The molecule has 0 aliphatic heterocycles. The van der Waals surface area contributed by atoms with Crippen molar-refractivity contribution in [1.29, 1.82) is 0 Å². The summed E-state index contributed by atoms with van der Waals surface area (Å²) in [6.45, 7) is 4.93. The predicted molar refractivity (Wildman–Crippen MR) is 85.1 cm³/mol. The molecule has 1 aliphatic carbocycles. The first-order valence-electron chi connectivity index (χ1n) is 7.86. The van der Waals surface area contributed by atoms with E-state index in [0.717, 1.165) is 18.1 Å². The molecule has 1 unspecified atom stereocenters. The molecule has 0 saturated carbocycles. The minimum atomic E-state index is 0.340. The Balaban J connectivity index is 1.66. The molecule has 1 aromatic carbocycles. The van der Waals surface area contributed by atoms with Crippen molar-refractivity contribution in [2.45, 2.75) is 52.1 Å². The molecular formula is C18H23N3. The fraction of sp³-hybridized carbons (Fsp3) is 0.444. The molecule has 3 nitrogen and oxygen atoms in total. The second-order valence-electron chi connectivity index (χ2n) is 5.93. The largest absolute Gasteiger partial charge is 0.305 e. The summed E-state index contributed by atoms with van der Waals surface area (Å²) in [5.74, 6) is 0.829. The third-order valence-corrected chi connectivity index (χ3v) is 4.30. The Morgan fingerprint density at radius 3 is 2.76 bits per heavy atom. The van der Waals surface area contributed by atoms with Gasteiger partial charge >= 0.3 is 0 Å². The highest BCUT2D eigenvalue weighted by Gasteiger charge is 2.12. The molecule has 1 aromatic heterocycles. The van der Waals surface area contributed by atoms with Gasteiger partial charge in [0.25, 0.3) is 0 Å². The first kappa shape index (κ1) is 14.2. The monoisotopic (exact) mass is 281 g/mol. The van der Waals surface area contributed by atoms with Gasteiger partial charge in [-0.15, -0.1) is 0 Å². The summed E-state index contributed by atoms with van der Waals surface area (Å²) >= 11 is 0. The summed E-state index contributed by atoms with van der Waals surface area (Å²) in [6, 6.07) is 9.29. The molecule has 2 aromatic rings. The zero-order valence-corrected chi connectivity index (χ0v) is 12.9. The average Bonchev–Trinajstić information content (AvgIpc) is 2.52. The molecule has 21 heavy (non-hydrogen) atoms. The molecular weight excluding hydrogens is 258 g/mol. The highest BCUT2D eigenvalue weighted by molar-refractivity contribution is 5.35. The van der Waals surface area contributed by atoms with Crippen LogP contribution in [-0.4, -0.2) is 9.97 Å². The molecule has 1 heterocycles. The van der Waals surface area contributed by atoms with E-state index in [1.54, 1.807) is 11.1 Å². The summed E-state index contributed by atoms with van der Waals surface area (Å²) < 4.78 is 0. The highest BCUT2D eigenvalue weighted by Crippen LogP contribution is 2.24. The Labute approximate surface area is 126 Å². The Morgan fingerprint density at radius 2 is 1.95 bits per heavy atom. The number of rotatable bonds is 4. The van der Waals surface area contributed by atoms with Gasteiger partial charge in [0.2, 0.25) is 0 Å². The number of hydrogen-bond donors (Lipinski definition) is 1. The number of aromatic nitrogens is 2. The normalized spacial score (nSPS) is 15.5. The molecule has 0 fully saturated rings. The lowest BCUT2D eigenvalue weighted by atomic mass is 9.89. The van der Waals surface area contributed by atoms with Gasteiger partial charge in [0.1, 0.15) is 5.82 Å². The number of nitrogens with one attached hydrogen (secondary N) is 1. The van der Waals surface area contributed by atoms with E-state index in [4.69, 9.17) is 0 Å². The van der Waals surface area contributed by atoms with Crippen LogP contribution in [0.3, 0.4) is 0 Å². The molecule has 0 spiro atoms. The maximum atomic E-state index is 4.44. The van der Waals surface area contributed by atoms with E-state index in [1.807, 2.05) is 19.2 Å². The molecule has 0 saturated heterocycles.